The summed E-state index contributed by atoms with van der Waals surface area (Å²) in [5, 5.41) is 0.832. The van der Waals surface area contributed by atoms with Crippen LogP contribution in [0.25, 0.3) is 0 Å². The van der Waals surface area contributed by atoms with Crippen LogP contribution in [0.2, 0.25) is 0 Å². The van der Waals surface area contributed by atoms with Crippen molar-refractivity contribution in [2.45, 2.75) is 37.1 Å². The van der Waals surface area contributed by atoms with Gasteiger partial charge in [0, 0.05) is 20.3 Å². The van der Waals surface area contributed by atoms with E-state index in [1.54, 1.807) is 6.07 Å². The van der Waals surface area contributed by atoms with Gasteiger partial charge in [-0.2, -0.15) is 0 Å². The number of alkyl halides is 1. The summed E-state index contributed by atoms with van der Waals surface area (Å²) >= 11 is 10.2. The van der Waals surface area contributed by atoms with E-state index in [1.807, 2.05) is 13.0 Å². The number of halogens is 3. The van der Waals surface area contributed by atoms with Gasteiger partial charge >= 0.3 is 0 Å². The van der Waals surface area contributed by atoms with Crippen LogP contribution in [0.5, 0.6) is 0 Å². The first-order valence-corrected chi connectivity index (χ1v) is 10.6. The van der Waals surface area contributed by atoms with Crippen LogP contribution in [-0.4, -0.2) is 19.8 Å². The van der Waals surface area contributed by atoms with Gasteiger partial charge in [-0.3, -0.25) is 0 Å². The van der Waals surface area contributed by atoms with E-state index >= 15 is 0 Å². The molecule has 0 spiro atoms. The quantitative estimate of drug-likeness (QED) is 0.639. The molecule has 0 saturated heterocycles. The Labute approximate surface area is 145 Å². The molecule has 0 aromatic heterocycles. The van der Waals surface area contributed by atoms with Gasteiger partial charge < -0.3 is 0 Å². The molecule has 1 aliphatic carbocycles. The van der Waals surface area contributed by atoms with Gasteiger partial charge in [0.25, 0.3) is 0 Å². The van der Waals surface area contributed by atoms with Crippen LogP contribution in [0.3, 0.4) is 0 Å². The van der Waals surface area contributed by atoms with Gasteiger partial charge in [0.05, 0.1) is 4.90 Å². The number of hydrogen-bond acceptors (Lipinski definition) is 2. The molecule has 1 aliphatic rings. The van der Waals surface area contributed by atoms with Gasteiger partial charge in [0.2, 0.25) is 10.0 Å². The third kappa shape index (κ3) is 3.66. The molecule has 1 N–H and O–H groups in total. The Morgan fingerprint density at radius 1 is 1.25 bits per heavy atom. The second kappa shape index (κ2) is 6.77. The number of nitrogens with one attached hydrogen (secondary N) is 1. The highest BCUT2D eigenvalue weighted by Gasteiger charge is 2.31. The molecule has 1 aromatic rings. The Morgan fingerprint density at radius 2 is 1.95 bits per heavy atom. The zero-order valence-corrected chi connectivity index (χ0v) is 16.6. The van der Waals surface area contributed by atoms with Crippen LogP contribution in [0.15, 0.2) is 26.0 Å². The van der Waals surface area contributed by atoms with Crippen molar-refractivity contribution in [3.63, 3.8) is 0 Å². The lowest BCUT2D eigenvalue weighted by molar-refractivity contribution is 0.484. The van der Waals surface area contributed by atoms with Crippen LogP contribution in [0.4, 0.5) is 0 Å². The number of benzene rings is 1. The molecule has 0 heterocycles. The molecule has 1 saturated carbocycles. The second-order valence-electron chi connectivity index (χ2n) is 5.10. The number of aryl methyl sites for hydroxylation is 1. The molecule has 1 aromatic carbocycles. The fourth-order valence-electron chi connectivity index (χ4n) is 2.47. The minimum absolute atomic E-state index is 0.0198. The van der Waals surface area contributed by atoms with Crippen molar-refractivity contribution in [1.82, 2.24) is 4.72 Å². The molecule has 2 unspecified atom stereocenters. The maximum atomic E-state index is 12.6. The molecular weight excluding hydrogens is 474 g/mol. The minimum atomic E-state index is -3.50. The summed E-state index contributed by atoms with van der Waals surface area (Å²) in [6, 6.07) is 3.49. The first kappa shape index (κ1) is 16.9. The molecule has 0 aliphatic heterocycles. The highest BCUT2D eigenvalue weighted by Crippen LogP contribution is 2.32. The smallest absolute Gasteiger partial charge is 0.208 e. The predicted octanol–water partition coefficient (Wildman–Crippen LogP) is 4.36. The van der Waals surface area contributed by atoms with Crippen molar-refractivity contribution in [3.05, 3.63) is 26.6 Å². The third-order valence-electron chi connectivity index (χ3n) is 3.67. The maximum absolute atomic E-state index is 12.6. The first-order valence-electron chi connectivity index (χ1n) is 6.39. The number of sulfonamides is 1. The van der Waals surface area contributed by atoms with E-state index in [-0.39, 0.29) is 10.9 Å². The Kier molecular flexibility index (Phi) is 5.73. The predicted molar refractivity (Wildman–Crippen MR) is 91.8 cm³/mol. The molecule has 2 rings (SSSR count). The lowest BCUT2D eigenvalue weighted by Gasteiger charge is -2.19. The van der Waals surface area contributed by atoms with E-state index in [4.69, 9.17) is 0 Å². The Balaban J connectivity index is 2.29. The van der Waals surface area contributed by atoms with Gasteiger partial charge in [-0.1, -0.05) is 38.3 Å². The summed E-state index contributed by atoms with van der Waals surface area (Å²) in [7, 11) is -3.50. The van der Waals surface area contributed by atoms with Crippen LogP contribution in [0.1, 0.15) is 24.8 Å². The Hall–Kier alpha value is 0.570. The molecule has 1 fully saturated rings. The van der Waals surface area contributed by atoms with Gasteiger partial charge in [0.1, 0.15) is 0 Å². The molecular formula is C13H16Br3NO2S. The van der Waals surface area contributed by atoms with Crippen molar-refractivity contribution in [2.75, 3.05) is 5.33 Å². The molecule has 0 bridgehead atoms. The van der Waals surface area contributed by atoms with E-state index in [1.165, 1.54) is 0 Å². The summed E-state index contributed by atoms with van der Waals surface area (Å²) < 4.78 is 29.4. The average molecular weight is 490 g/mol. The monoisotopic (exact) mass is 487 g/mol. The zero-order chi connectivity index (χ0) is 14.9. The lowest BCUT2D eigenvalue weighted by atomic mass is 10.1. The molecule has 2 atom stereocenters. The first-order chi connectivity index (χ1) is 9.35. The second-order valence-corrected chi connectivity index (χ2v) is 9.14. The van der Waals surface area contributed by atoms with E-state index in [0.29, 0.717) is 10.4 Å². The van der Waals surface area contributed by atoms with E-state index < -0.39 is 10.0 Å². The summed E-state index contributed by atoms with van der Waals surface area (Å²) in [5.74, 6) is 0.373. The molecule has 20 heavy (non-hydrogen) atoms. The fraction of sp³-hybridized carbons (Fsp3) is 0.538. The van der Waals surface area contributed by atoms with Crippen molar-refractivity contribution in [2.24, 2.45) is 5.92 Å². The van der Waals surface area contributed by atoms with Crippen LogP contribution >= 0.6 is 47.8 Å². The molecule has 7 heteroatoms. The molecule has 0 radical (unpaired) electrons. The van der Waals surface area contributed by atoms with Gasteiger partial charge in [0.15, 0.2) is 0 Å². The van der Waals surface area contributed by atoms with Gasteiger partial charge in [-0.15, -0.1) is 0 Å². The Morgan fingerprint density at radius 3 is 2.60 bits per heavy atom. The van der Waals surface area contributed by atoms with Crippen LogP contribution < -0.4 is 4.72 Å². The standard InChI is InChI=1S/C13H16Br3NO2S/c1-8-5-11(16)13(6-10(8)15)20(18,19)17-12-4-2-3-9(12)7-14/h5-6,9,12,17H,2-4,7H2,1H3. The van der Waals surface area contributed by atoms with Gasteiger partial charge in [-0.25, -0.2) is 13.1 Å². The molecule has 3 nitrogen and oxygen atoms in total. The summed E-state index contributed by atoms with van der Waals surface area (Å²) in [6.07, 6.45) is 3.04. The third-order valence-corrected chi connectivity index (χ3v) is 7.80. The van der Waals surface area contributed by atoms with Crippen molar-refractivity contribution < 1.29 is 8.42 Å². The van der Waals surface area contributed by atoms with E-state index in [2.05, 4.69) is 52.5 Å². The van der Waals surface area contributed by atoms with Crippen molar-refractivity contribution in [3.8, 4) is 0 Å². The lowest BCUT2D eigenvalue weighted by Crippen LogP contribution is -2.38. The van der Waals surface area contributed by atoms with Crippen LogP contribution in [0, 0.1) is 12.8 Å². The number of rotatable bonds is 4. The zero-order valence-electron chi connectivity index (χ0n) is 11.0. The number of hydrogen-bond donors (Lipinski definition) is 1. The van der Waals surface area contributed by atoms with Crippen molar-refractivity contribution >= 4 is 57.8 Å². The van der Waals surface area contributed by atoms with E-state index in [0.717, 1.165) is 34.6 Å². The molecule has 0 amide bonds. The SMILES string of the molecule is Cc1cc(Br)c(S(=O)(=O)NC2CCCC2CBr)cc1Br. The topological polar surface area (TPSA) is 46.2 Å². The Bertz CT molecular complexity index is 604. The highest BCUT2D eigenvalue weighted by molar-refractivity contribution is 9.11. The largest absolute Gasteiger partial charge is 0.241 e. The highest BCUT2D eigenvalue weighted by atomic mass is 79.9. The van der Waals surface area contributed by atoms with Gasteiger partial charge in [-0.05, 0) is 59.3 Å². The molecule has 112 valence electrons. The average Bonchev–Trinajstić information content (AvgIpc) is 2.80. The normalized spacial score (nSPS) is 23.2. The van der Waals surface area contributed by atoms with Crippen molar-refractivity contribution in [1.29, 1.82) is 0 Å². The maximum Gasteiger partial charge on any atom is 0.241 e. The van der Waals surface area contributed by atoms with E-state index in [9.17, 15) is 8.42 Å². The fourth-order valence-corrected chi connectivity index (χ4v) is 6.26. The summed E-state index contributed by atoms with van der Waals surface area (Å²) in [4.78, 5) is 0.287. The summed E-state index contributed by atoms with van der Waals surface area (Å²) in [6.45, 7) is 1.93. The summed E-state index contributed by atoms with van der Waals surface area (Å²) in [5.41, 5.74) is 0.995. The van der Waals surface area contributed by atoms with Crippen LogP contribution in [-0.2, 0) is 10.0 Å². The minimum Gasteiger partial charge on any atom is -0.208 e.